The lowest BCUT2D eigenvalue weighted by molar-refractivity contribution is 0.0950. The van der Waals surface area contributed by atoms with Crippen molar-refractivity contribution < 1.29 is 36.3 Å². The number of nitrogens with one attached hydrogen (secondary N) is 1. The smallest absolute Gasteiger partial charge is 0.325 e. The number of carbonyl (C=O) groups is 2. The van der Waals surface area contributed by atoms with Gasteiger partial charge in [0.05, 0.1) is 25.4 Å². The van der Waals surface area contributed by atoms with Crippen LogP contribution in [-0.4, -0.2) is 31.0 Å². The van der Waals surface area contributed by atoms with Gasteiger partial charge in [0.25, 0.3) is 5.91 Å². The number of methoxy groups -OCH3 is 1. The molecule has 0 aliphatic carbocycles. The average Bonchev–Trinajstić information content (AvgIpc) is 2.86. The molecule has 1 atom stereocenters. The molecule has 0 aromatic heterocycles. The predicted molar refractivity (Wildman–Crippen MR) is 125 cm³/mol. The molecule has 0 radical (unpaired) electrons. The standard InChI is InChI=1S/C26H22F5N3O3/c1-13-18-5-4-14(25(35)32-11-19-20(28)8-16(27)9-21(19)29)7-23(18)34(26(36)33(13)2)12-15-6-17(37-3)10-22(30)24(15)31/h4-10,13H,11-12H2,1-3H3,(H,32,35). The molecule has 4 rings (SSSR count). The van der Waals surface area contributed by atoms with E-state index in [0.717, 1.165) is 6.07 Å². The summed E-state index contributed by atoms with van der Waals surface area (Å²) in [7, 11) is 2.85. The summed E-state index contributed by atoms with van der Waals surface area (Å²) in [5.41, 5.74) is 0.308. The highest BCUT2D eigenvalue weighted by atomic mass is 19.2. The fourth-order valence-electron chi connectivity index (χ4n) is 4.13. The molecule has 6 nitrogen and oxygen atoms in total. The van der Waals surface area contributed by atoms with Gasteiger partial charge in [-0.1, -0.05) is 6.07 Å². The lowest BCUT2D eigenvalue weighted by Crippen LogP contribution is -2.46. The van der Waals surface area contributed by atoms with E-state index in [9.17, 15) is 31.5 Å². The van der Waals surface area contributed by atoms with Crippen molar-refractivity contribution >= 4 is 17.6 Å². The molecule has 1 heterocycles. The number of halogens is 5. The second kappa shape index (κ2) is 10.1. The zero-order chi connectivity index (χ0) is 27.0. The summed E-state index contributed by atoms with van der Waals surface area (Å²) < 4.78 is 74.7. The van der Waals surface area contributed by atoms with Gasteiger partial charge in [-0.05, 0) is 30.7 Å². The van der Waals surface area contributed by atoms with Crippen LogP contribution in [0.2, 0.25) is 0 Å². The Morgan fingerprint density at radius 1 is 1.00 bits per heavy atom. The molecule has 0 saturated carbocycles. The summed E-state index contributed by atoms with van der Waals surface area (Å²) in [5, 5.41) is 2.37. The lowest BCUT2D eigenvalue weighted by atomic mass is 9.98. The van der Waals surface area contributed by atoms with E-state index in [0.29, 0.717) is 17.7 Å². The number of hydrogen-bond donors (Lipinski definition) is 1. The first-order valence-electron chi connectivity index (χ1n) is 11.1. The Bertz CT molecular complexity index is 1380. The maximum atomic E-state index is 14.6. The fraction of sp³-hybridized carbons (Fsp3) is 0.231. The van der Waals surface area contributed by atoms with Gasteiger partial charge in [-0.2, -0.15) is 0 Å². The molecule has 0 fully saturated rings. The predicted octanol–water partition coefficient (Wildman–Crippen LogP) is 5.45. The van der Waals surface area contributed by atoms with Crippen LogP contribution in [0, 0.1) is 29.1 Å². The normalized spacial score (nSPS) is 15.0. The molecule has 194 valence electrons. The van der Waals surface area contributed by atoms with Crippen LogP contribution in [0.25, 0.3) is 0 Å². The number of amides is 3. The molecule has 3 amide bonds. The number of fused-ring (bicyclic) bond motifs is 1. The van der Waals surface area contributed by atoms with Gasteiger partial charge >= 0.3 is 6.03 Å². The van der Waals surface area contributed by atoms with E-state index < -0.39 is 59.2 Å². The molecular formula is C26H22F5N3O3. The summed E-state index contributed by atoms with van der Waals surface area (Å²) in [6.07, 6.45) is 0. The molecule has 3 aromatic rings. The van der Waals surface area contributed by atoms with Crippen LogP contribution >= 0.6 is 0 Å². The van der Waals surface area contributed by atoms with Crippen molar-refractivity contribution in [3.63, 3.8) is 0 Å². The maximum Gasteiger partial charge on any atom is 0.325 e. The summed E-state index contributed by atoms with van der Waals surface area (Å²) in [4.78, 5) is 28.5. The van der Waals surface area contributed by atoms with Gasteiger partial charge in [-0.3, -0.25) is 9.69 Å². The van der Waals surface area contributed by atoms with Crippen LogP contribution in [0.1, 0.15) is 40.0 Å². The average molecular weight is 519 g/mol. The molecule has 37 heavy (non-hydrogen) atoms. The minimum atomic E-state index is -1.15. The van der Waals surface area contributed by atoms with Crippen LogP contribution in [-0.2, 0) is 13.1 Å². The number of anilines is 1. The Hall–Kier alpha value is -4.15. The number of hydrogen-bond acceptors (Lipinski definition) is 3. The monoisotopic (exact) mass is 519 g/mol. The highest BCUT2D eigenvalue weighted by molar-refractivity contribution is 5.99. The van der Waals surface area contributed by atoms with Crippen LogP contribution in [0.4, 0.5) is 32.4 Å². The van der Waals surface area contributed by atoms with Crippen LogP contribution < -0.4 is 15.0 Å². The topological polar surface area (TPSA) is 61.9 Å². The Balaban J connectivity index is 1.66. The van der Waals surface area contributed by atoms with Crippen LogP contribution in [0.5, 0.6) is 5.75 Å². The summed E-state index contributed by atoms with van der Waals surface area (Å²) >= 11 is 0. The third-order valence-electron chi connectivity index (χ3n) is 6.32. The van der Waals surface area contributed by atoms with E-state index in [-0.39, 0.29) is 29.1 Å². The van der Waals surface area contributed by atoms with E-state index in [1.165, 1.54) is 35.1 Å². The summed E-state index contributed by atoms with van der Waals surface area (Å²) in [6.45, 7) is 0.851. The van der Waals surface area contributed by atoms with Crippen LogP contribution in [0.15, 0.2) is 42.5 Å². The number of ether oxygens (including phenoxy) is 1. The number of carbonyl (C=O) groups excluding carboxylic acids is 2. The third kappa shape index (κ3) is 4.93. The number of nitrogens with zero attached hydrogens (tertiary/aromatic N) is 2. The number of urea groups is 1. The quantitative estimate of drug-likeness (QED) is 0.441. The molecule has 1 unspecified atom stereocenters. The van der Waals surface area contributed by atoms with Gasteiger partial charge < -0.3 is 15.0 Å². The number of benzene rings is 3. The second-order valence-electron chi connectivity index (χ2n) is 8.54. The molecule has 3 aromatic carbocycles. The van der Waals surface area contributed by atoms with Gasteiger partial charge in [0.1, 0.15) is 23.2 Å². The molecule has 0 saturated heterocycles. The highest BCUT2D eigenvalue weighted by Gasteiger charge is 2.34. The van der Waals surface area contributed by atoms with E-state index in [2.05, 4.69) is 5.32 Å². The van der Waals surface area contributed by atoms with Gasteiger partial charge in [0.2, 0.25) is 0 Å². The van der Waals surface area contributed by atoms with Gasteiger partial charge in [0, 0.05) is 48.5 Å². The SMILES string of the molecule is COc1cc(F)c(F)c(CN2C(=O)N(C)C(C)c3ccc(C(=O)NCc4c(F)cc(F)cc4F)cc32)c1. The summed E-state index contributed by atoms with van der Waals surface area (Å²) in [5.74, 6) is -6.33. The first-order chi connectivity index (χ1) is 17.5. The largest absolute Gasteiger partial charge is 0.497 e. The van der Waals surface area contributed by atoms with Gasteiger partial charge in [0.15, 0.2) is 11.6 Å². The van der Waals surface area contributed by atoms with Crippen LogP contribution in [0.3, 0.4) is 0 Å². The van der Waals surface area contributed by atoms with Crippen molar-refractivity contribution in [1.82, 2.24) is 10.2 Å². The van der Waals surface area contributed by atoms with Crippen molar-refractivity contribution in [3.05, 3.63) is 93.8 Å². The van der Waals surface area contributed by atoms with Gasteiger partial charge in [-0.25, -0.2) is 26.7 Å². The Kier molecular flexibility index (Phi) is 7.06. The van der Waals surface area contributed by atoms with E-state index in [4.69, 9.17) is 4.74 Å². The van der Waals surface area contributed by atoms with Crippen molar-refractivity contribution in [2.24, 2.45) is 0 Å². The highest BCUT2D eigenvalue weighted by Crippen LogP contribution is 2.38. The molecule has 1 aliphatic rings. The molecule has 1 aliphatic heterocycles. The van der Waals surface area contributed by atoms with Crippen molar-refractivity contribution in [2.75, 3.05) is 19.1 Å². The zero-order valence-corrected chi connectivity index (χ0v) is 20.0. The van der Waals surface area contributed by atoms with E-state index in [1.807, 2.05) is 0 Å². The van der Waals surface area contributed by atoms with E-state index >= 15 is 0 Å². The minimum absolute atomic E-state index is 0.0496. The zero-order valence-electron chi connectivity index (χ0n) is 20.0. The first-order valence-corrected chi connectivity index (χ1v) is 11.1. The summed E-state index contributed by atoms with van der Waals surface area (Å²) in [6, 6.07) is 6.71. The first kappa shape index (κ1) is 25.9. The van der Waals surface area contributed by atoms with Crippen molar-refractivity contribution in [2.45, 2.75) is 26.1 Å². The molecule has 0 spiro atoms. The fourth-order valence-corrected chi connectivity index (χ4v) is 4.13. The molecular weight excluding hydrogens is 497 g/mol. The van der Waals surface area contributed by atoms with Crippen molar-refractivity contribution in [1.29, 1.82) is 0 Å². The molecule has 1 N–H and O–H groups in total. The minimum Gasteiger partial charge on any atom is -0.497 e. The Morgan fingerprint density at radius 3 is 2.32 bits per heavy atom. The Morgan fingerprint density at radius 2 is 1.68 bits per heavy atom. The third-order valence-corrected chi connectivity index (χ3v) is 6.32. The molecule has 0 bridgehead atoms. The Labute approximate surface area is 209 Å². The second-order valence-corrected chi connectivity index (χ2v) is 8.54. The lowest BCUT2D eigenvalue weighted by Gasteiger charge is -2.39. The number of rotatable bonds is 6. The maximum absolute atomic E-state index is 14.6. The van der Waals surface area contributed by atoms with Crippen molar-refractivity contribution in [3.8, 4) is 5.75 Å². The van der Waals surface area contributed by atoms with E-state index in [1.54, 1.807) is 20.0 Å². The molecule has 11 heteroatoms. The van der Waals surface area contributed by atoms with Gasteiger partial charge in [-0.15, -0.1) is 0 Å².